The van der Waals surface area contributed by atoms with Gasteiger partial charge in [-0.25, -0.2) is 8.42 Å². The molecule has 2 saturated heterocycles. The Morgan fingerprint density at radius 2 is 2.19 bits per heavy atom. The summed E-state index contributed by atoms with van der Waals surface area (Å²) < 4.78 is 27.3. The molecule has 0 amide bonds. The molecule has 2 unspecified atom stereocenters. The molecule has 2 atom stereocenters. The quantitative estimate of drug-likeness (QED) is 0.896. The number of hydrogen-bond donors (Lipinski definition) is 1. The predicted molar refractivity (Wildman–Crippen MR) is 79.4 cm³/mol. The first-order chi connectivity index (χ1) is 10.0. The molecule has 2 heterocycles. The Morgan fingerprint density at radius 1 is 1.38 bits per heavy atom. The summed E-state index contributed by atoms with van der Waals surface area (Å²) in [5.74, 6) is 0.380. The van der Waals surface area contributed by atoms with Crippen LogP contribution in [0, 0.1) is 17.2 Å². The summed E-state index contributed by atoms with van der Waals surface area (Å²) >= 11 is 6.08. The Bertz CT molecular complexity index is 699. The van der Waals surface area contributed by atoms with Crippen molar-refractivity contribution in [3.8, 4) is 6.07 Å². The van der Waals surface area contributed by atoms with Crippen LogP contribution >= 0.6 is 11.6 Å². The zero-order valence-corrected chi connectivity index (χ0v) is 13.0. The average Bonchev–Trinajstić information content (AvgIpc) is 2.94. The molecular weight excluding hydrogens is 310 g/mol. The third-order valence-electron chi connectivity index (χ3n) is 4.28. The van der Waals surface area contributed by atoms with E-state index in [4.69, 9.17) is 16.9 Å². The van der Waals surface area contributed by atoms with Gasteiger partial charge in [-0.2, -0.15) is 9.57 Å². The Balaban J connectivity index is 1.98. The zero-order chi connectivity index (χ0) is 15.0. The lowest BCUT2D eigenvalue weighted by Crippen LogP contribution is -2.48. The van der Waals surface area contributed by atoms with Gasteiger partial charge >= 0.3 is 0 Å². The van der Waals surface area contributed by atoms with E-state index in [0.717, 1.165) is 19.4 Å². The minimum atomic E-state index is -3.62. The van der Waals surface area contributed by atoms with Crippen molar-refractivity contribution < 1.29 is 8.42 Å². The number of nitrogens with zero attached hydrogens (tertiary/aromatic N) is 2. The van der Waals surface area contributed by atoms with Gasteiger partial charge in [-0.1, -0.05) is 11.6 Å². The first-order valence-electron chi connectivity index (χ1n) is 6.96. The van der Waals surface area contributed by atoms with Gasteiger partial charge in [-0.3, -0.25) is 0 Å². The molecule has 2 aliphatic rings. The maximum Gasteiger partial charge on any atom is 0.244 e. The van der Waals surface area contributed by atoms with Gasteiger partial charge in [0.05, 0.1) is 16.7 Å². The number of sulfonamides is 1. The van der Waals surface area contributed by atoms with E-state index in [-0.39, 0.29) is 16.0 Å². The van der Waals surface area contributed by atoms with E-state index in [2.05, 4.69) is 5.32 Å². The van der Waals surface area contributed by atoms with Crippen LogP contribution in [0.1, 0.15) is 18.4 Å². The number of hydrogen-bond acceptors (Lipinski definition) is 4. The van der Waals surface area contributed by atoms with Crippen molar-refractivity contribution in [2.45, 2.75) is 23.8 Å². The molecule has 112 valence electrons. The standard InChI is InChI=1S/C14H16ClN3O2S/c15-12-6-10(7-16)3-4-14(12)21(19,20)18-5-1-2-11-8-17-9-13(11)18/h3-4,6,11,13,17H,1-2,5,8-9H2. The fourth-order valence-corrected chi connectivity index (χ4v) is 5.47. The van der Waals surface area contributed by atoms with E-state index in [9.17, 15) is 8.42 Å². The fraction of sp³-hybridized carbons (Fsp3) is 0.500. The predicted octanol–water partition coefficient (Wildman–Crippen LogP) is 1.58. The average molecular weight is 326 g/mol. The van der Waals surface area contributed by atoms with Gasteiger partial charge in [0.25, 0.3) is 0 Å². The van der Waals surface area contributed by atoms with E-state index in [1.165, 1.54) is 18.2 Å². The maximum atomic E-state index is 12.9. The van der Waals surface area contributed by atoms with E-state index in [1.807, 2.05) is 6.07 Å². The smallest absolute Gasteiger partial charge is 0.244 e. The number of fused-ring (bicyclic) bond motifs is 1. The van der Waals surface area contributed by atoms with Gasteiger partial charge in [0.1, 0.15) is 4.90 Å². The first-order valence-corrected chi connectivity index (χ1v) is 8.78. The third kappa shape index (κ3) is 2.55. The highest BCUT2D eigenvalue weighted by Crippen LogP contribution is 2.33. The molecule has 0 aromatic heterocycles. The van der Waals surface area contributed by atoms with Crippen molar-refractivity contribution in [1.29, 1.82) is 5.26 Å². The van der Waals surface area contributed by atoms with Crippen molar-refractivity contribution in [3.05, 3.63) is 28.8 Å². The van der Waals surface area contributed by atoms with E-state index in [0.29, 0.717) is 24.6 Å². The number of halogens is 1. The number of rotatable bonds is 2. The Labute approximate surface area is 129 Å². The molecular formula is C14H16ClN3O2S. The van der Waals surface area contributed by atoms with Crippen molar-refractivity contribution in [2.24, 2.45) is 5.92 Å². The van der Waals surface area contributed by atoms with Gasteiger partial charge < -0.3 is 5.32 Å². The van der Waals surface area contributed by atoms with Crippen LogP contribution in [0.4, 0.5) is 0 Å². The molecule has 0 radical (unpaired) electrons. The normalized spacial score (nSPS) is 26.3. The van der Waals surface area contributed by atoms with Crippen molar-refractivity contribution in [1.82, 2.24) is 9.62 Å². The highest BCUT2D eigenvalue weighted by atomic mass is 35.5. The van der Waals surface area contributed by atoms with Crippen molar-refractivity contribution in [2.75, 3.05) is 19.6 Å². The van der Waals surface area contributed by atoms with E-state index in [1.54, 1.807) is 4.31 Å². The molecule has 1 aromatic rings. The highest BCUT2D eigenvalue weighted by Gasteiger charge is 2.41. The SMILES string of the molecule is N#Cc1ccc(S(=O)(=O)N2CCCC3CNCC32)c(Cl)c1. The van der Waals surface area contributed by atoms with Gasteiger partial charge in [-0.05, 0) is 43.5 Å². The molecule has 0 saturated carbocycles. The Hall–Kier alpha value is -1.13. The van der Waals surface area contributed by atoms with Crippen LogP contribution in [0.5, 0.6) is 0 Å². The monoisotopic (exact) mass is 325 g/mol. The van der Waals surface area contributed by atoms with Crippen LogP contribution in [0.2, 0.25) is 5.02 Å². The summed E-state index contributed by atoms with van der Waals surface area (Å²) in [5.41, 5.74) is 0.359. The number of nitrogens with one attached hydrogen (secondary N) is 1. The van der Waals surface area contributed by atoms with E-state index >= 15 is 0 Å². The van der Waals surface area contributed by atoms with Crippen LogP contribution in [-0.4, -0.2) is 38.4 Å². The molecule has 2 aliphatic heterocycles. The fourth-order valence-electron chi connectivity index (χ4n) is 3.23. The molecule has 0 aliphatic carbocycles. The molecule has 1 N–H and O–H groups in total. The number of benzene rings is 1. The van der Waals surface area contributed by atoms with Gasteiger partial charge in [0.15, 0.2) is 0 Å². The summed E-state index contributed by atoms with van der Waals surface area (Å²) in [7, 11) is -3.62. The van der Waals surface area contributed by atoms with Crippen LogP contribution in [0.25, 0.3) is 0 Å². The minimum absolute atomic E-state index is 0.00969. The van der Waals surface area contributed by atoms with E-state index < -0.39 is 10.0 Å². The molecule has 2 fully saturated rings. The lowest BCUT2D eigenvalue weighted by Gasteiger charge is -2.36. The van der Waals surface area contributed by atoms with Crippen LogP contribution < -0.4 is 5.32 Å². The zero-order valence-electron chi connectivity index (χ0n) is 11.4. The highest BCUT2D eigenvalue weighted by molar-refractivity contribution is 7.89. The summed E-state index contributed by atoms with van der Waals surface area (Å²) in [6.45, 7) is 2.09. The lowest BCUT2D eigenvalue weighted by atomic mass is 9.94. The third-order valence-corrected chi connectivity index (χ3v) is 6.68. The topological polar surface area (TPSA) is 73.2 Å². The molecule has 3 rings (SSSR count). The summed E-state index contributed by atoms with van der Waals surface area (Å²) in [4.78, 5) is 0.0933. The summed E-state index contributed by atoms with van der Waals surface area (Å²) in [5, 5.41) is 12.2. The molecule has 7 heteroatoms. The van der Waals surface area contributed by atoms with Gasteiger partial charge in [-0.15, -0.1) is 0 Å². The molecule has 0 spiro atoms. The van der Waals surface area contributed by atoms with Crippen LogP contribution in [0.15, 0.2) is 23.1 Å². The summed E-state index contributed by atoms with van der Waals surface area (Å²) in [6, 6.07) is 6.30. The Kier molecular flexibility index (Phi) is 3.93. The first kappa shape index (κ1) is 14.8. The molecule has 21 heavy (non-hydrogen) atoms. The molecule has 5 nitrogen and oxygen atoms in total. The second kappa shape index (κ2) is 5.58. The van der Waals surface area contributed by atoms with Crippen molar-refractivity contribution in [3.63, 3.8) is 0 Å². The van der Waals surface area contributed by atoms with Crippen LogP contribution in [0.3, 0.4) is 0 Å². The van der Waals surface area contributed by atoms with Crippen LogP contribution in [-0.2, 0) is 10.0 Å². The summed E-state index contributed by atoms with van der Waals surface area (Å²) in [6.07, 6.45) is 1.93. The second-order valence-electron chi connectivity index (χ2n) is 5.50. The number of piperidine rings is 1. The van der Waals surface area contributed by atoms with Gasteiger partial charge in [0, 0.05) is 19.1 Å². The molecule has 0 bridgehead atoms. The van der Waals surface area contributed by atoms with Crippen molar-refractivity contribution >= 4 is 21.6 Å². The maximum absolute atomic E-state index is 12.9. The van der Waals surface area contributed by atoms with Gasteiger partial charge in [0.2, 0.25) is 10.0 Å². The minimum Gasteiger partial charge on any atom is -0.315 e. The molecule has 1 aromatic carbocycles. The Morgan fingerprint density at radius 3 is 2.90 bits per heavy atom. The second-order valence-corrected chi connectivity index (χ2v) is 7.77. The largest absolute Gasteiger partial charge is 0.315 e. The lowest BCUT2D eigenvalue weighted by molar-refractivity contribution is 0.217. The number of nitriles is 1.